The Morgan fingerprint density at radius 1 is 1.21 bits per heavy atom. The fraction of sp³-hybridized carbons (Fsp3) is 0.263. The average Bonchev–Trinajstić information content (AvgIpc) is 3.17. The molecule has 0 aliphatic carbocycles. The number of fused-ring (bicyclic) bond motifs is 1. The quantitative estimate of drug-likeness (QED) is 0.441. The van der Waals surface area contributed by atoms with E-state index < -0.39 is 29.1 Å². The first-order valence-electron chi connectivity index (χ1n) is 8.52. The van der Waals surface area contributed by atoms with Crippen molar-refractivity contribution in [3.63, 3.8) is 0 Å². The van der Waals surface area contributed by atoms with Crippen molar-refractivity contribution in [2.45, 2.75) is 12.8 Å². The van der Waals surface area contributed by atoms with Crippen molar-refractivity contribution in [3.8, 4) is 11.5 Å². The second-order valence-corrected chi connectivity index (χ2v) is 6.17. The third-order valence-electron chi connectivity index (χ3n) is 4.22. The number of nitrogens with one attached hydrogen (secondary N) is 1. The molecule has 1 heterocycles. The molecule has 3 rings (SSSR count). The van der Waals surface area contributed by atoms with Gasteiger partial charge in [-0.05, 0) is 11.5 Å². The maximum Gasteiger partial charge on any atom is 0.345 e. The molecule has 9 nitrogen and oxygen atoms in total. The normalized spacial score (nSPS) is 12.9. The fourth-order valence-electron chi connectivity index (χ4n) is 2.67. The van der Waals surface area contributed by atoms with Crippen molar-refractivity contribution in [2.75, 3.05) is 19.9 Å². The summed E-state index contributed by atoms with van der Waals surface area (Å²) in [4.78, 5) is 34.7. The molecule has 0 aromatic heterocycles. The standard InChI is InChI=1S/C19H18N2O7/c1-12(13-5-3-2-4-6-13)9-20-18(22)10-26-19(23)14-7-16-17(28-11-27-16)8-15(14)21(24)25/h2-8,12H,9-11H2,1H3,(H,20,22). The molecule has 0 saturated carbocycles. The number of hydrogen-bond acceptors (Lipinski definition) is 7. The second kappa shape index (κ2) is 8.38. The Hall–Kier alpha value is -3.62. The maximum atomic E-state index is 12.2. The van der Waals surface area contributed by atoms with Gasteiger partial charge < -0.3 is 19.5 Å². The van der Waals surface area contributed by atoms with Crippen molar-refractivity contribution in [1.29, 1.82) is 0 Å². The van der Waals surface area contributed by atoms with E-state index in [0.29, 0.717) is 6.54 Å². The van der Waals surface area contributed by atoms with E-state index in [4.69, 9.17) is 14.2 Å². The molecule has 1 unspecified atom stereocenters. The van der Waals surface area contributed by atoms with Gasteiger partial charge in [0.25, 0.3) is 11.6 Å². The first kappa shape index (κ1) is 19.2. The van der Waals surface area contributed by atoms with Crippen LogP contribution < -0.4 is 14.8 Å². The van der Waals surface area contributed by atoms with Gasteiger partial charge in [0.1, 0.15) is 5.56 Å². The van der Waals surface area contributed by atoms with Gasteiger partial charge in [-0.3, -0.25) is 14.9 Å². The van der Waals surface area contributed by atoms with E-state index in [1.54, 1.807) is 0 Å². The third kappa shape index (κ3) is 4.37. The van der Waals surface area contributed by atoms with Gasteiger partial charge >= 0.3 is 5.97 Å². The Bertz CT molecular complexity index is 899. The van der Waals surface area contributed by atoms with Crippen molar-refractivity contribution in [1.82, 2.24) is 5.32 Å². The van der Waals surface area contributed by atoms with E-state index in [2.05, 4.69) is 5.32 Å². The molecule has 1 N–H and O–H groups in total. The smallest absolute Gasteiger partial charge is 0.345 e. The lowest BCUT2D eigenvalue weighted by Gasteiger charge is -2.13. The number of hydrogen-bond donors (Lipinski definition) is 1. The molecule has 28 heavy (non-hydrogen) atoms. The highest BCUT2D eigenvalue weighted by atomic mass is 16.7. The molecule has 2 aromatic rings. The Kier molecular flexibility index (Phi) is 5.73. The molecule has 146 valence electrons. The minimum Gasteiger partial charge on any atom is -0.454 e. The summed E-state index contributed by atoms with van der Waals surface area (Å²) < 4.78 is 15.1. The minimum absolute atomic E-state index is 0.0794. The van der Waals surface area contributed by atoms with Crippen LogP contribution >= 0.6 is 0 Å². The highest BCUT2D eigenvalue weighted by Crippen LogP contribution is 2.38. The van der Waals surface area contributed by atoms with Crippen LogP contribution in [-0.2, 0) is 9.53 Å². The van der Waals surface area contributed by atoms with Gasteiger partial charge in [0.05, 0.1) is 11.0 Å². The Labute approximate surface area is 160 Å². The van der Waals surface area contributed by atoms with Crippen molar-refractivity contribution in [2.24, 2.45) is 0 Å². The van der Waals surface area contributed by atoms with Crippen LogP contribution in [-0.4, -0.2) is 36.7 Å². The predicted molar refractivity (Wildman–Crippen MR) is 97.4 cm³/mol. The summed E-state index contributed by atoms with van der Waals surface area (Å²) >= 11 is 0. The van der Waals surface area contributed by atoms with Crippen LogP contribution in [0.25, 0.3) is 0 Å². The number of nitrogens with zero attached hydrogens (tertiary/aromatic N) is 1. The average molecular weight is 386 g/mol. The molecule has 0 radical (unpaired) electrons. The number of nitro benzene ring substituents is 1. The minimum atomic E-state index is -0.990. The van der Waals surface area contributed by atoms with Crippen LogP contribution in [0.2, 0.25) is 0 Å². The first-order valence-corrected chi connectivity index (χ1v) is 8.52. The molecule has 0 fully saturated rings. The van der Waals surface area contributed by atoms with Gasteiger partial charge in [-0.25, -0.2) is 4.79 Å². The van der Waals surface area contributed by atoms with Gasteiger partial charge in [-0.1, -0.05) is 37.3 Å². The molecule has 1 amide bonds. The topological polar surface area (TPSA) is 117 Å². The Morgan fingerprint density at radius 3 is 2.57 bits per heavy atom. The van der Waals surface area contributed by atoms with Gasteiger partial charge in [-0.15, -0.1) is 0 Å². The van der Waals surface area contributed by atoms with Crippen LogP contribution in [0.1, 0.15) is 28.8 Å². The number of ether oxygens (including phenoxy) is 3. The predicted octanol–water partition coefficient (Wildman–Crippen LogP) is 2.40. The zero-order valence-electron chi connectivity index (χ0n) is 15.0. The number of esters is 1. The number of benzene rings is 2. The third-order valence-corrected chi connectivity index (χ3v) is 4.22. The molecule has 0 bridgehead atoms. The SMILES string of the molecule is CC(CNC(=O)COC(=O)c1cc2c(cc1[N+](=O)[O-])OCO2)c1ccccc1. The maximum absolute atomic E-state index is 12.2. The highest BCUT2D eigenvalue weighted by molar-refractivity contribution is 5.96. The summed E-state index contributed by atoms with van der Waals surface area (Å²) in [6.45, 7) is 1.68. The number of carbonyl (C=O) groups excluding carboxylic acids is 2. The van der Waals surface area contributed by atoms with Gasteiger partial charge in [0, 0.05) is 12.6 Å². The summed E-state index contributed by atoms with van der Waals surface area (Å²) in [5.41, 5.74) is 0.280. The van der Waals surface area contributed by atoms with E-state index in [1.807, 2.05) is 37.3 Å². The lowest BCUT2D eigenvalue weighted by atomic mass is 10.0. The number of rotatable bonds is 7. The zero-order valence-corrected chi connectivity index (χ0v) is 15.0. The summed E-state index contributed by atoms with van der Waals surface area (Å²) in [5.74, 6) is -1.03. The Morgan fingerprint density at radius 2 is 1.89 bits per heavy atom. The van der Waals surface area contributed by atoms with E-state index in [9.17, 15) is 19.7 Å². The molecule has 1 atom stereocenters. The highest BCUT2D eigenvalue weighted by Gasteiger charge is 2.28. The van der Waals surface area contributed by atoms with Crippen LogP contribution in [0.4, 0.5) is 5.69 Å². The largest absolute Gasteiger partial charge is 0.454 e. The first-order chi connectivity index (χ1) is 13.5. The van der Waals surface area contributed by atoms with E-state index in [-0.39, 0.29) is 29.8 Å². The number of amides is 1. The lowest BCUT2D eigenvalue weighted by Crippen LogP contribution is -2.31. The summed E-state index contributed by atoms with van der Waals surface area (Å²) in [7, 11) is 0. The molecular formula is C19H18N2O7. The van der Waals surface area contributed by atoms with Crippen LogP contribution in [0.15, 0.2) is 42.5 Å². The van der Waals surface area contributed by atoms with E-state index >= 15 is 0 Å². The molecule has 0 saturated heterocycles. The van der Waals surface area contributed by atoms with Gasteiger partial charge in [0.2, 0.25) is 6.79 Å². The van der Waals surface area contributed by atoms with E-state index in [1.165, 1.54) is 6.07 Å². The van der Waals surface area contributed by atoms with Crippen LogP contribution in [0, 0.1) is 10.1 Å². The van der Waals surface area contributed by atoms with Crippen molar-refractivity contribution < 1.29 is 28.7 Å². The molecule has 1 aliphatic rings. The molecule has 2 aromatic carbocycles. The van der Waals surface area contributed by atoms with Gasteiger partial charge in [-0.2, -0.15) is 0 Å². The monoisotopic (exact) mass is 386 g/mol. The Balaban J connectivity index is 1.57. The van der Waals surface area contributed by atoms with E-state index in [0.717, 1.165) is 11.6 Å². The lowest BCUT2D eigenvalue weighted by molar-refractivity contribution is -0.385. The van der Waals surface area contributed by atoms with Crippen LogP contribution in [0.3, 0.4) is 0 Å². The summed E-state index contributed by atoms with van der Waals surface area (Å²) in [6, 6.07) is 11.9. The number of nitro groups is 1. The van der Waals surface area contributed by atoms with Crippen molar-refractivity contribution >= 4 is 17.6 Å². The molecule has 9 heteroatoms. The molecule has 0 spiro atoms. The molecule has 1 aliphatic heterocycles. The van der Waals surface area contributed by atoms with Crippen molar-refractivity contribution in [3.05, 3.63) is 63.7 Å². The summed E-state index contributed by atoms with van der Waals surface area (Å²) in [5, 5.41) is 13.9. The molecular weight excluding hydrogens is 368 g/mol. The summed E-state index contributed by atoms with van der Waals surface area (Å²) in [6.07, 6.45) is 0. The van der Waals surface area contributed by atoms with Crippen LogP contribution in [0.5, 0.6) is 11.5 Å². The zero-order chi connectivity index (χ0) is 20.1. The van der Waals surface area contributed by atoms with Gasteiger partial charge in [0.15, 0.2) is 18.1 Å². The fourth-order valence-corrected chi connectivity index (χ4v) is 2.67. The number of carbonyl (C=O) groups is 2. The second-order valence-electron chi connectivity index (χ2n) is 6.17.